The first-order chi connectivity index (χ1) is 13.2. The summed E-state index contributed by atoms with van der Waals surface area (Å²) in [5.74, 6) is 0.430. The molecule has 4 rings (SSSR count). The van der Waals surface area contributed by atoms with Gasteiger partial charge in [-0.2, -0.15) is 0 Å². The van der Waals surface area contributed by atoms with Crippen molar-refractivity contribution in [2.45, 2.75) is 57.5 Å². The van der Waals surface area contributed by atoms with Gasteiger partial charge in [0.2, 0.25) is 11.8 Å². The number of ether oxygens (including phenoxy) is 1. The molecule has 3 fully saturated rings. The van der Waals surface area contributed by atoms with E-state index in [0.29, 0.717) is 26.2 Å². The molecular formula is C22H30N2O3. The fraction of sp³-hybridized carbons (Fsp3) is 0.636. The predicted molar refractivity (Wildman–Crippen MR) is 103 cm³/mol. The van der Waals surface area contributed by atoms with Gasteiger partial charge >= 0.3 is 0 Å². The van der Waals surface area contributed by atoms with E-state index in [0.717, 1.165) is 32.1 Å². The molecule has 27 heavy (non-hydrogen) atoms. The van der Waals surface area contributed by atoms with Crippen LogP contribution in [0.3, 0.4) is 0 Å². The Morgan fingerprint density at radius 2 is 1.89 bits per heavy atom. The summed E-state index contributed by atoms with van der Waals surface area (Å²) in [5.41, 5.74) is 0.677. The number of benzene rings is 1. The standard InChI is InChI=1S/C22H30N2O3/c1-2-23-21(26)22(14-16-6-4-3-5-7-16)15-18-8-9-19(22)24(18)20(25)17-10-12-27-13-11-17/h3-7,17-19H,2,8-15H2,1H3,(H,23,26)/t18-,19+,22+/m0/s1. The van der Waals surface area contributed by atoms with Gasteiger partial charge in [0.05, 0.1) is 5.41 Å². The van der Waals surface area contributed by atoms with Crippen LogP contribution in [0, 0.1) is 11.3 Å². The lowest BCUT2D eigenvalue weighted by molar-refractivity contribution is -0.142. The van der Waals surface area contributed by atoms with Gasteiger partial charge in [0.15, 0.2) is 0 Å². The van der Waals surface area contributed by atoms with E-state index in [-0.39, 0.29) is 29.8 Å². The fourth-order valence-corrected chi connectivity index (χ4v) is 5.48. The molecular weight excluding hydrogens is 340 g/mol. The maximum Gasteiger partial charge on any atom is 0.228 e. The highest BCUT2D eigenvalue weighted by atomic mass is 16.5. The molecule has 0 radical (unpaired) electrons. The Labute approximate surface area is 161 Å². The first-order valence-corrected chi connectivity index (χ1v) is 10.4. The Morgan fingerprint density at radius 3 is 2.59 bits per heavy atom. The molecule has 2 bridgehead atoms. The number of carbonyl (C=O) groups excluding carboxylic acids is 2. The highest BCUT2D eigenvalue weighted by molar-refractivity contribution is 5.88. The normalized spacial score (nSPS) is 30.5. The van der Waals surface area contributed by atoms with Gasteiger partial charge in [0.25, 0.3) is 0 Å². The second-order valence-corrected chi connectivity index (χ2v) is 8.26. The lowest BCUT2D eigenvalue weighted by atomic mass is 9.69. The van der Waals surface area contributed by atoms with Crippen LogP contribution in [0.25, 0.3) is 0 Å². The third-order valence-corrected chi connectivity index (χ3v) is 6.72. The Morgan fingerprint density at radius 1 is 1.15 bits per heavy atom. The van der Waals surface area contributed by atoms with E-state index in [9.17, 15) is 9.59 Å². The predicted octanol–water partition coefficient (Wildman–Crippen LogP) is 2.54. The van der Waals surface area contributed by atoms with Crippen LogP contribution in [0.2, 0.25) is 0 Å². The van der Waals surface area contributed by atoms with Crippen LogP contribution in [0.15, 0.2) is 30.3 Å². The van der Waals surface area contributed by atoms with Crippen LogP contribution in [0.1, 0.15) is 44.6 Å². The highest BCUT2D eigenvalue weighted by Gasteiger charge is 2.61. The smallest absolute Gasteiger partial charge is 0.228 e. The van der Waals surface area contributed by atoms with Crippen LogP contribution in [0.4, 0.5) is 0 Å². The molecule has 3 atom stereocenters. The van der Waals surface area contributed by atoms with Gasteiger partial charge in [-0.1, -0.05) is 30.3 Å². The molecule has 0 saturated carbocycles. The average molecular weight is 370 g/mol. The summed E-state index contributed by atoms with van der Waals surface area (Å²) in [4.78, 5) is 28.7. The van der Waals surface area contributed by atoms with E-state index in [1.54, 1.807) is 0 Å². The summed E-state index contributed by atoms with van der Waals surface area (Å²) in [6.45, 7) is 3.93. The van der Waals surface area contributed by atoms with Crippen molar-refractivity contribution >= 4 is 11.8 Å². The van der Waals surface area contributed by atoms with E-state index < -0.39 is 5.41 Å². The quantitative estimate of drug-likeness (QED) is 0.867. The third kappa shape index (κ3) is 3.27. The van der Waals surface area contributed by atoms with Crippen molar-refractivity contribution in [3.05, 3.63) is 35.9 Å². The van der Waals surface area contributed by atoms with Crippen molar-refractivity contribution in [3.8, 4) is 0 Å². The minimum absolute atomic E-state index is 0.0181. The van der Waals surface area contributed by atoms with Crippen LogP contribution in [-0.4, -0.2) is 48.6 Å². The molecule has 3 heterocycles. The minimum Gasteiger partial charge on any atom is -0.381 e. The van der Waals surface area contributed by atoms with Crippen molar-refractivity contribution in [2.75, 3.05) is 19.8 Å². The second kappa shape index (κ2) is 7.63. The number of hydrogen-bond acceptors (Lipinski definition) is 3. The molecule has 0 aliphatic carbocycles. The average Bonchev–Trinajstić information content (AvgIpc) is 3.25. The summed E-state index contributed by atoms with van der Waals surface area (Å²) in [6.07, 6.45) is 5.06. The molecule has 3 saturated heterocycles. The van der Waals surface area contributed by atoms with Gasteiger partial charge in [-0.05, 0) is 51.0 Å². The largest absolute Gasteiger partial charge is 0.381 e. The van der Waals surface area contributed by atoms with E-state index in [1.165, 1.54) is 5.56 Å². The molecule has 1 aromatic carbocycles. The van der Waals surface area contributed by atoms with Crippen molar-refractivity contribution in [2.24, 2.45) is 11.3 Å². The van der Waals surface area contributed by atoms with E-state index >= 15 is 0 Å². The molecule has 0 unspecified atom stereocenters. The van der Waals surface area contributed by atoms with E-state index in [4.69, 9.17) is 4.74 Å². The minimum atomic E-state index is -0.499. The summed E-state index contributed by atoms with van der Waals surface area (Å²) in [6, 6.07) is 10.5. The maximum atomic E-state index is 13.3. The lowest BCUT2D eigenvalue weighted by Crippen LogP contribution is -2.52. The molecule has 2 amide bonds. The fourth-order valence-electron chi connectivity index (χ4n) is 5.48. The Hall–Kier alpha value is -1.88. The number of carbonyl (C=O) groups is 2. The van der Waals surface area contributed by atoms with Gasteiger partial charge in [-0.25, -0.2) is 0 Å². The van der Waals surface area contributed by atoms with Gasteiger partial charge < -0.3 is 15.0 Å². The molecule has 1 N–H and O–H groups in total. The number of hydrogen-bond donors (Lipinski definition) is 1. The molecule has 3 aliphatic rings. The maximum absolute atomic E-state index is 13.3. The number of nitrogens with one attached hydrogen (secondary N) is 1. The zero-order valence-electron chi connectivity index (χ0n) is 16.2. The van der Waals surface area contributed by atoms with Crippen LogP contribution in [-0.2, 0) is 20.7 Å². The third-order valence-electron chi connectivity index (χ3n) is 6.72. The zero-order chi connectivity index (χ0) is 18.9. The van der Waals surface area contributed by atoms with Crippen LogP contribution < -0.4 is 5.32 Å². The summed E-state index contributed by atoms with van der Waals surface area (Å²) in [5, 5.41) is 3.08. The number of fused-ring (bicyclic) bond motifs is 2. The molecule has 146 valence electrons. The SMILES string of the molecule is CCNC(=O)[C@]1(Cc2ccccc2)C[C@@H]2CC[C@H]1N2C(=O)C1CCOCC1. The van der Waals surface area contributed by atoms with Gasteiger partial charge in [0.1, 0.15) is 0 Å². The number of amides is 2. The lowest BCUT2D eigenvalue weighted by Gasteiger charge is -2.37. The Kier molecular flexibility index (Phi) is 5.22. The van der Waals surface area contributed by atoms with Gasteiger partial charge in [0, 0.05) is 37.8 Å². The second-order valence-electron chi connectivity index (χ2n) is 8.26. The van der Waals surface area contributed by atoms with E-state index in [1.807, 2.05) is 25.1 Å². The number of nitrogens with zero attached hydrogens (tertiary/aromatic N) is 1. The molecule has 5 heteroatoms. The summed E-state index contributed by atoms with van der Waals surface area (Å²) < 4.78 is 5.44. The van der Waals surface area contributed by atoms with Crippen LogP contribution in [0.5, 0.6) is 0 Å². The van der Waals surface area contributed by atoms with Gasteiger partial charge in [-0.15, -0.1) is 0 Å². The zero-order valence-corrected chi connectivity index (χ0v) is 16.2. The molecule has 3 aliphatic heterocycles. The van der Waals surface area contributed by atoms with E-state index in [2.05, 4.69) is 22.3 Å². The summed E-state index contributed by atoms with van der Waals surface area (Å²) in [7, 11) is 0. The van der Waals surface area contributed by atoms with Crippen molar-refractivity contribution < 1.29 is 14.3 Å². The van der Waals surface area contributed by atoms with Crippen molar-refractivity contribution in [3.63, 3.8) is 0 Å². The molecule has 5 nitrogen and oxygen atoms in total. The van der Waals surface area contributed by atoms with Gasteiger partial charge in [-0.3, -0.25) is 9.59 Å². The Bertz CT molecular complexity index is 686. The number of rotatable bonds is 5. The molecule has 0 spiro atoms. The summed E-state index contributed by atoms with van der Waals surface area (Å²) >= 11 is 0. The van der Waals surface area contributed by atoms with Crippen molar-refractivity contribution in [1.82, 2.24) is 10.2 Å². The topological polar surface area (TPSA) is 58.6 Å². The Balaban J connectivity index is 1.62. The monoisotopic (exact) mass is 370 g/mol. The first-order valence-electron chi connectivity index (χ1n) is 10.4. The molecule has 0 aromatic heterocycles. The van der Waals surface area contributed by atoms with Crippen molar-refractivity contribution in [1.29, 1.82) is 0 Å². The highest BCUT2D eigenvalue weighted by Crippen LogP contribution is 2.52. The molecule has 1 aromatic rings. The van der Waals surface area contributed by atoms with Crippen LogP contribution >= 0.6 is 0 Å². The first kappa shape index (κ1) is 18.5.